The van der Waals surface area contributed by atoms with Gasteiger partial charge in [-0.2, -0.15) is 0 Å². The Hall–Kier alpha value is -1.11. The Balaban J connectivity index is 2.28. The summed E-state index contributed by atoms with van der Waals surface area (Å²) in [6.45, 7) is 2.44. The van der Waals surface area contributed by atoms with Gasteiger partial charge in [0.05, 0.1) is 6.54 Å². The van der Waals surface area contributed by atoms with Gasteiger partial charge in [0.2, 0.25) is 5.16 Å². The third-order valence-electron chi connectivity index (χ3n) is 1.37. The number of esters is 1. The van der Waals surface area contributed by atoms with Gasteiger partial charge >= 0.3 is 5.97 Å². The number of nitrogens with zero attached hydrogens (tertiary/aromatic N) is 4. The molecule has 0 radical (unpaired) electrons. The van der Waals surface area contributed by atoms with Crippen LogP contribution in [0.3, 0.4) is 0 Å². The molecule has 0 bridgehead atoms. The molecule has 0 amide bonds. The maximum atomic E-state index is 10.7. The van der Waals surface area contributed by atoms with E-state index in [0.717, 1.165) is 0 Å². The van der Waals surface area contributed by atoms with E-state index in [0.29, 0.717) is 18.1 Å². The lowest BCUT2D eigenvalue weighted by Gasteiger charge is -2.02. The van der Waals surface area contributed by atoms with Crippen LogP contribution < -0.4 is 0 Å². The van der Waals surface area contributed by atoms with E-state index >= 15 is 0 Å². The van der Waals surface area contributed by atoms with E-state index in [2.05, 4.69) is 28.2 Å². The highest BCUT2D eigenvalue weighted by Crippen LogP contribution is 1.96. The standard InChI is InChI=1S/C6H10N4O2S/c1-2-5(11)12-4-3-10-6(13)7-8-9-10/h2-4H2,1H3,(H,7,9,13). The number of tetrazole rings is 1. The molecule has 72 valence electrons. The summed E-state index contributed by atoms with van der Waals surface area (Å²) in [5.74, 6) is -0.228. The summed E-state index contributed by atoms with van der Waals surface area (Å²) < 4.78 is 6.28. The summed E-state index contributed by atoms with van der Waals surface area (Å²) in [7, 11) is 0. The second kappa shape index (κ2) is 4.80. The molecule has 7 heteroatoms. The molecule has 1 aromatic rings. The molecule has 0 aromatic carbocycles. The molecular weight excluding hydrogens is 192 g/mol. The second-order valence-corrected chi connectivity index (χ2v) is 2.68. The van der Waals surface area contributed by atoms with Gasteiger partial charge in [-0.3, -0.25) is 4.79 Å². The van der Waals surface area contributed by atoms with E-state index in [1.54, 1.807) is 6.92 Å². The fourth-order valence-electron chi connectivity index (χ4n) is 0.693. The van der Waals surface area contributed by atoms with Gasteiger partial charge in [-0.25, -0.2) is 4.68 Å². The van der Waals surface area contributed by atoms with Gasteiger partial charge in [0.15, 0.2) is 0 Å². The van der Waals surface area contributed by atoms with E-state index in [1.165, 1.54) is 4.68 Å². The lowest BCUT2D eigenvalue weighted by Crippen LogP contribution is -2.11. The highest BCUT2D eigenvalue weighted by molar-refractivity contribution is 7.80. The number of thiol groups is 1. The molecule has 0 fully saturated rings. The van der Waals surface area contributed by atoms with E-state index in [9.17, 15) is 4.79 Å². The number of rotatable bonds is 4. The number of aromatic nitrogens is 4. The van der Waals surface area contributed by atoms with Crippen LogP contribution in [0.5, 0.6) is 0 Å². The topological polar surface area (TPSA) is 69.9 Å². The smallest absolute Gasteiger partial charge is 0.305 e. The van der Waals surface area contributed by atoms with Crippen molar-refractivity contribution in [3.05, 3.63) is 0 Å². The monoisotopic (exact) mass is 202 g/mol. The van der Waals surface area contributed by atoms with Crippen molar-refractivity contribution < 1.29 is 9.53 Å². The van der Waals surface area contributed by atoms with Gasteiger partial charge in [-0.1, -0.05) is 6.92 Å². The molecule has 0 atom stereocenters. The largest absolute Gasteiger partial charge is 0.464 e. The molecule has 0 spiro atoms. The molecule has 0 aliphatic carbocycles. The minimum absolute atomic E-state index is 0.228. The van der Waals surface area contributed by atoms with Crippen molar-refractivity contribution in [1.82, 2.24) is 20.2 Å². The molecule has 1 rings (SSSR count). The molecule has 6 nitrogen and oxygen atoms in total. The first-order chi connectivity index (χ1) is 6.24. The molecule has 0 saturated heterocycles. The fourth-order valence-corrected chi connectivity index (χ4v) is 0.873. The van der Waals surface area contributed by atoms with Crippen molar-refractivity contribution in [3.63, 3.8) is 0 Å². The number of ether oxygens (including phenoxy) is 1. The van der Waals surface area contributed by atoms with Gasteiger partial charge < -0.3 is 4.74 Å². The third-order valence-corrected chi connectivity index (χ3v) is 1.69. The molecular formula is C6H10N4O2S. The molecule has 0 aliphatic rings. The summed E-state index contributed by atoms with van der Waals surface area (Å²) >= 11 is 3.98. The van der Waals surface area contributed by atoms with Crippen LogP contribution >= 0.6 is 12.6 Å². The van der Waals surface area contributed by atoms with E-state index < -0.39 is 0 Å². The molecule has 0 N–H and O–H groups in total. The average molecular weight is 202 g/mol. The normalized spacial score (nSPS) is 10.0. The van der Waals surface area contributed by atoms with Crippen molar-refractivity contribution in [2.45, 2.75) is 25.0 Å². The van der Waals surface area contributed by atoms with E-state index in [4.69, 9.17) is 4.74 Å². The van der Waals surface area contributed by atoms with Crippen LogP contribution in [0.1, 0.15) is 13.3 Å². The van der Waals surface area contributed by atoms with Crippen molar-refractivity contribution >= 4 is 18.6 Å². The Labute approximate surface area is 80.7 Å². The van der Waals surface area contributed by atoms with Crippen LogP contribution in [0.2, 0.25) is 0 Å². The Morgan fingerprint density at radius 3 is 3.00 bits per heavy atom. The van der Waals surface area contributed by atoms with Crippen molar-refractivity contribution in [2.75, 3.05) is 6.61 Å². The maximum Gasteiger partial charge on any atom is 0.305 e. The summed E-state index contributed by atoms with van der Waals surface area (Å²) in [6, 6.07) is 0. The number of carbonyl (C=O) groups excluding carboxylic acids is 1. The van der Waals surface area contributed by atoms with E-state index in [1.807, 2.05) is 0 Å². The van der Waals surface area contributed by atoms with Crippen molar-refractivity contribution in [2.24, 2.45) is 0 Å². The van der Waals surface area contributed by atoms with Gasteiger partial charge in [0, 0.05) is 6.42 Å². The average Bonchev–Trinajstić information content (AvgIpc) is 2.52. The molecule has 0 saturated carbocycles. The summed E-state index contributed by atoms with van der Waals surface area (Å²) in [5.41, 5.74) is 0. The summed E-state index contributed by atoms with van der Waals surface area (Å²) in [4.78, 5) is 10.7. The summed E-state index contributed by atoms with van der Waals surface area (Å²) in [5, 5.41) is 11.0. The maximum absolute atomic E-state index is 10.7. The highest BCUT2D eigenvalue weighted by atomic mass is 32.1. The van der Waals surface area contributed by atoms with Gasteiger partial charge in [0.1, 0.15) is 6.61 Å². The predicted octanol–water partition coefficient (Wildman–Crippen LogP) is -0.0850. The first kappa shape index (κ1) is 9.97. The minimum Gasteiger partial charge on any atom is -0.464 e. The van der Waals surface area contributed by atoms with Crippen molar-refractivity contribution in [1.29, 1.82) is 0 Å². The summed E-state index contributed by atoms with van der Waals surface area (Å²) in [6.07, 6.45) is 0.378. The molecule has 1 heterocycles. The second-order valence-electron chi connectivity index (χ2n) is 2.28. The molecule has 13 heavy (non-hydrogen) atoms. The number of carbonyl (C=O) groups is 1. The van der Waals surface area contributed by atoms with Crippen molar-refractivity contribution in [3.8, 4) is 0 Å². The van der Waals surface area contributed by atoms with Crippen LogP contribution in [0.25, 0.3) is 0 Å². The van der Waals surface area contributed by atoms with Gasteiger partial charge in [0.25, 0.3) is 0 Å². The quantitative estimate of drug-likeness (QED) is 0.546. The fraction of sp³-hybridized carbons (Fsp3) is 0.667. The SMILES string of the molecule is CCC(=O)OCCn1nnnc1S. The van der Waals surface area contributed by atoms with Crippen LogP contribution in [0.4, 0.5) is 0 Å². The van der Waals surface area contributed by atoms with Gasteiger partial charge in [-0.05, 0) is 10.4 Å². The highest BCUT2D eigenvalue weighted by Gasteiger charge is 2.02. The number of hydrogen-bond donors (Lipinski definition) is 1. The lowest BCUT2D eigenvalue weighted by atomic mass is 10.5. The van der Waals surface area contributed by atoms with Crippen LogP contribution in [-0.4, -0.2) is 32.8 Å². The first-order valence-corrected chi connectivity index (χ1v) is 4.29. The molecule has 1 aromatic heterocycles. The van der Waals surface area contributed by atoms with E-state index in [-0.39, 0.29) is 12.6 Å². The third kappa shape index (κ3) is 3.02. The first-order valence-electron chi connectivity index (χ1n) is 3.84. The van der Waals surface area contributed by atoms with Crippen LogP contribution in [0.15, 0.2) is 5.16 Å². The predicted molar refractivity (Wildman–Crippen MR) is 46.3 cm³/mol. The Kier molecular flexibility index (Phi) is 3.69. The van der Waals surface area contributed by atoms with Crippen LogP contribution in [-0.2, 0) is 16.1 Å². The zero-order valence-corrected chi connectivity index (χ0v) is 8.07. The zero-order chi connectivity index (χ0) is 9.68. The molecule has 0 unspecified atom stereocenters. The van der Waals surface area contributed by atoms with Gasteiger partial charge in [-0.15, -0.1) is 17.7 Å². The minimum atomic E-state index is -0.228. The Bertz CT molecular complexity index is 288. The Morgan fingerprint density at radius 2 is 2.46 bits per heavy atom. The lowest BCUT2D eigenvalue weighted by molar-refractivity contribution is -0.143. The van der Waals surface area contributed by atoms with Crippen LogP contribution in [0, 0.1) is 0 Å². The number of hydrogen-bond acceptors (Lipinski definition) is 6. The zero-order valence-electron chi connectivity index (χ0n) is 7.17. The Morgan fingerprint density at radius 1 is 1.69 bits per heavy atom. The molecule has 0 aliphatic heterocycles.